The van der Waals surface area contributed by atoms with E-state index in [-0.39, 0.29) is 16.0 Å². The van der Waals surface area contributed by atoms with E-state index in [0.29, 0.717) is 0 Å². The van der Waals surface area contributed by atoms with Crippen LogP contribution in [0.15, 0.2) is 35.1 Å². The van der Waals surface area contributed by atoms with E-state index in [0.717, 1.165) is 6.07 Å². The second kappa shape index (κ2) is 6.64. The maximum Gasteiger partial charge on any atom is 0.255 e. The molecule has 5 atom stereocenters. The third-order valence-corrected chi connectivity index (χ3v) is 6.74. The van der Waals surface area contributed by atoms with E-state index in [9.17, 15) is 39.9 Å². The van der Waals surface area contributed by atoms with Crippen LogP contribution >= 0.6 is 0 Å². The Hall–Kier alpha value is -3.21. The SMILES string of the molecule is [2H][13C]([2H])([2H])N([C@@H]1C(=O)C(C(N)=O)=C(O)[C@@]2(O)C(=O)C3=C(O)c4c(O)cccc4[C@@](C)(O)[C@H]3C[C@@H]12)[13C]([2H])([2H])[2H]. The fraction of sp³-hybridized carbons (Fsp3) is 0.409. The zero-order valence-electron chi connectivity index (χ0n) is 22.7. The van der Waals surface area contributed by atoms with Gasteiger partial charge in [0, 0.05) is 25.6 Å². The van der Waals surface area contributed by atoms with Gasteiger partial charge in [-0.1, -0.05) is 12.1 Å². The second-order valence-corrected chi connectivity index (χ2v) is 8.37. The van der Waals surface area contributed by atoms with Crippen LogP contribution in [0, 0.1) is 11.8 Å². The number of phenolic OH excluding ortho intramolecular Hbond substituents is 1. The number of nitrogens with zero attached hydrogens (tertiary/aromatic N) is 1. The summed E-state index contributed by atoms with van der Waals surface area (Å²) in [5, 5.41) is 55.4. The van der Waals surface area contributed by atoms with E-state index < -0.39 is 95.3 Å². The highest BCUT2D eigenvalue weighted by molar-refractivity contribution is 6.24. The van der Waals surface area contributed by atoms with Gasteiger partial charge in [-0.2, -0.15) is 0 Å². The molecule has 170 valence electrons. The van der Waals surface area contributed by atoms with Crippen molar-refractivity contribution in [1.29, 1.82) is 0 Å². The second-order valence-electron chi connectivity index (χ2n) is 8.37. The molecule has 32 heavy (non-hydrogen) atoms. The molecule has 0 aromatic heterocycles. The molecule has 7 N–H and O–H groups in total. The summed E-state index contributed by atoms with van der Waals surface area (Å²) in [7, 11) is 0. The van der Waals surface area contributed by atoms with Crippen molar-refractivity contribution in [3.63, 3.8) is 0 Å². The predicted octanol–water partition coefficient (Wildman–Crippen LogP) is -0.371. The summed E-state index contributed by atoms with van der Waals surface area (Å²) >= 11 is 0. The first-order valence-electron chi connectivity index (χ1n) is 12.5. The quantitative estimate of drug-likeness (QED) is 0.258. The number of amides is 1. The number of hydrogen-bond donors (Lipinski definition) is 6. The zero-order valence-corrected chi connectivity index (χ0v) is 16.7. The number of carbonyl (C=O) groups is 3. The Balaban J connectivity index is 2.09. The highest BCUT2D eigenvalue weighted by atomic mass is 16.3. The van der Waals surface area contributed by atoms with E-state index in [1.807, 2.05) is 0 Å². The lowest BCUT2D eigenvalue weighted by atomic mass is 9.54. The molecule has 1 amide bonds. The number of aliphatic hydroxyl groups excluding tert-OH is 2. The minimum Gasteiger partial charge on any atom is -0.508 e. The summed E-state index contributed by atoms with van der Waals surface area (Å²) in [6, 6.07) is 1.40. The summed E-state index contributed by atoms with van der Waals surface area (Å²) < 4.78 is 46.7. The van der Waals surface area contributed by atoms with E-state index >= 15 is 0 Å². The van der Waals surface area contributed by atoms with Gasteiger partial charge >= 0.3 is 0 Å². The van der Waals surface area contributed by atoms with Crippen molar-refractivity contribution >= 4 is 23.2 Å². The molecule has 1 aromatic rings. The number of rotatable bonds is 2. The van der Waals surface area contributed by atoms with Gasteiger partial charge in [0.15, 0.2) is 11.4 Å². The summed E-state index contributed by atoms with van der Waals surface area (Å²) in [4.78, 5) is 39.2. The van der Waals surface area contributed by atoms with Crippen molar-refractivity contribution in [1.82, 2.24) is 4.90 Å². The zero-order chi connectivity index (χ0) is 28.9. The molecular weight excluding hydrogens is 422 g/mol. The van der Waals surface area contributed by atoms with Crippen LogP contribution in [0.25, 0.3) is 5.76 Å². The van der Waals surface area contributed by atoms with Crippen molar-refractivity contribution in [3.8, 4) is 5.75 Å². The minimum absolute atomic E-state index is 0.0539. The average Bonchev–Trinajstić information content (AvgIpc) is 2.74. The number of benzene rings is 1. The van der Waals surface area contributed by atoms with Gasteiger partial charge in [0.05, 0.1) is 17.2 Å². The third kappa shape index (κ3) is 2.48. The molecule has 4 rings (SSSR count). The smallest absolute Gasteiger partial charge is 0.255 e. The molecule has 1 fully saturated rings. The van der Waals surface area contributed by atoms with Crippen molar-refractivity contribution in [2.24, 2.45) is 17.6 Å². The fourth-order valence-corrected chi connectivity index (χ4v) is 5.20. The van der Waals surface area contributed by atoms with Crippen molar-refractivity contribution in [2.75, 3.05) is 14.0 Å². The normalized spacial score (nSPS) is 37.9. The number of carbonyl (C=O) groups excluding carboxylic acids is 3. The van der Waals surface area contributed by atoms with Crippen LogP contribution in [0.1, 0.15) is 32.7 Å². The number of aliphatic hydroxyl groups is 4. The molecule has 10 nitrogen and oxygen atoms in total. The minimum atomic E-state index is -3.54. The Morgan fingerprint density at radius 1 is 1.22 bits per heavy atom. The van der Waals surface area contributed by atoms with Crippen LogP contribution in [0.5, 0.6) is 5.75 Å². The Morgan fingerprint density at radius 3 is 2.47 bits per heavy atom. The third-order valence-electron chi connectivity index (χ3n) is 6.74. The van der Waals surface area contributed by atoms with Crippen molar-refractivity contribution in [2.45, 2.75) is 30.6 Å². The molecule has 0 radical (unpaired) electrons. The lowest BCUT2D eigenvalue weighted by Crippen LogP contribution is -2.67. The summed E-state index contributed by atoms with van der Waals surface area (Å²) in [5.41, 5.74) is -2.68. The van der Waals surface area contributed by atoms with Crippen LogP contribution < -0.4 is 5.73 Å². The molecule has 0 saturated heterocycles. The maximum atomic E-state index is 13.9. The molecule has 1 saturated carbocycles. The van der Waals surface area contributed by atoms with Gasteiger partial charge in [0.1, 0.15) is 22.8 Å². The number of Topliss-reactive ketones (excluding diaryl/α,β-unsaturated/α-hetero) is 2. The number of aromatic hydroxyl groups is 1. The first kappa shape index (κ1) is 15.6. The van der Waals surface area contributed by atoms with Crippen LogP contribution in [0.4, 0.5) is 0 Å². The van der Waals surface area contributed by atoms with Gasteiger partial charge < -0.3 is 31.3 Å². The van der Waals surface area contributed by atoms with Crippen molar-refractivity contribution < 1.29 is 48.1 Å². The lowest BCUT2D eigenvalue weighted by Gasteiger charge is -2.53. The van der Waals surface area contributed by atoms with Crippen LogP contribution in [0.3, 0.4) is 0 Å². The maximum absolute atomic E-state index is 13.9. The highest BCUT2D eigenvalue weighted by Crippen LogP contribution is 2.57. The molecule has 3 aliphatic rings. The molecule has 3 aliphatic carbocycles. The van der Waals surface area contributed by atoms with Crippen LogP contribution in [-0.2, 0) is 20.0 Å². The van der Waals surface area contributed by atoms with Crippen LogP contribution in [-0.4, -0.2) is 73.5 Å². The van der Waals surface area contributed by atoms with E-state index in [4.69, 9.17) is 14.0 Å². The molecule has 1 aromatic carbocycles. The van der Waals surface area contributed by atoms with E-state index in [1.165, 1.54) is 19.1 Å². The van der Waals surface area contributed by atoms with Crippen molar-refractivity contribution in [3.05, 3.63) is 46.2 Å². The number of ketones is 2. The largest absolute Gasteiger partial charge is 0.508 e. The molecule has 10 heteroatoms. The first-order chi connectivity index (χ1) is 17.2. The van der Waals surface area contributed by atoms with Gasteiger partial charge in [0.25, 0.3) is 5.91 Å². The number of likely N-dealkylation sites (N-methyl/N-ethyl adjacent to an activating group) is 1. The monoisotopic (exact) mass is 452 g/mol. The number of hydrogen-bond acceptors (Lipinski definition) is 9. The van der Waals surface area contributed by atoms with Crippen LogP contribution in [0.2, 0.25) is 0 Å². The lowest BCUT2D eigenvalue weighted by molar-refractivity contribution is -0.159. The molecule has 0 aliphatic heterocycles. The van der Waals surface area contributed by atoms with E-state index in [1.54, 1.807) is 0 Å². The Labute approximate surface area is 191 Å². The highest BCUT2D eigenvalue weighted by Gasteiger charge is 2.66. The molecule has 0 spiro atoms. The van der Waals surface area contributed by atoms with Gasteiger partial charge in [-0.05, 0) is 38.9 Å². The first-order valence-corrected chi connectivity index (χ1v) is 9.52. The summed E-state index contributed by atoms with van der Waals surface area (Å²) in [6.45, 7) is -5.89. The van der Waals surface area contributed by atoms with Gasteiger partial charge in [-0.25, -0.2) is 0 Å². The Kier molecular flexibility index (Phi) is 3.23. The van der Waals surface area contributed by atoms with Gasteiger partial charge in [-0.15, -0.1) is 0 Å². The van der Waals surface area contributed by atoms with E-state index in [2.05, 4.69) is 0 Å². The molecule has 0 bridgehead atoms. The van der Waals surface area contributed by atoms with Gasteiger partial charge in [-0.3, -0.25) is 19.3 Å². The van der Waals surface area contributed by atoms with Gasteiger partial charge in [0.2, 0.25) is 5.78 Å². The number of phenols is 1. The predicted molar refractivity (Wildman–Crippen MR) is 110 cm³/mol. The fourth-order valence-electron chi connectivity index (χ4n) is 5.20. The Bertz CT molecular complexity index is 1330. The molecular formula is C22H24N2O8. The topological polar surface area (TPSA) is 182 Å². The number of primary amides is 1. The summed E-state index contributed by atoms with van der Waals surface area (Å²) in [6.07, 6.45) is -0.723. The number of nitrogens with two attached hydrogens (primary N) is 1. The Morgan fingerprint density at radius 2 is 1.88 bits per heavy atom. The summed E-state index contributed by atoms with van der Waals surface area (Å²) in [5.74, 6) is -11.3. The number of fused-ring (bicyclic) bond motifs is 3. The standard InChI is InChI=1S/C22H24N2O8/c1-21(31)8-5-4-6-11(25)12(8)16(26)13-9(21)7-10-15(24(2)3)17(27)14(20(23)30)19(29)22(10,32)18(13)28/h4-6,9-10,15,25-26,29,31-32H,7H2,1-3H3,(H2,23,30)/t9-,10-,15-,21+,22-/m0/s1/i2+1D3,3+1D3. The average molecular weight is 452 g/mol. The molecule has 0 unspecified atom stereocenters. The molecule has 0 heterocycles.